The maximum absolute atomic E-state index is 12.9. The minimum absolute atomic E-state index is 0.148. The van der Waals surface area contributed by atoms with Crippen LogP contribution in [0.3, 0.4) is 0 Å². The quantitative estimate of drug-likeness (QED) is 0.857. The van der Waals surface area contributed by atoms with Crippen molar-refractivity contribution in [1.29, 1.82) is 0 Å². The molecule has 0 radical (unpaired) electrons. The molecule has 1 unspecified atom stereocenters. The number of aliphatic hydroxyl groups excluding tert-OH is 1. The number of aliphatic hydroxyl groups is 1. The minimum atomic E-state index is -4.32. The lowest BCUT2D eigenvalue weighted by Crippen LogP contribution is -2.11. The average Bonchev–Trinajstić information content (AvgIpc) is 2.27. The molecule has 4 heteroatoms. The standard InChI is InChI=1S/C13H17F3O/c1-3-4-10-5-6-11(9(2)8-17)7-12(10)13(14,15)16/h5-7,9,17H,3-4,8H2,1-2H3. The average molecular weight is 246 g/mol. The van der Waals surface area contributed by atoms with Gasteiger partial charge in [0, 0.05) is 12.5 Å². The number of aryl methyl sites for hydroxylation is 1. The monoisotopic (exact) mass is 246 g/mol. The van der Waals surface area contributed by atoms with Gasteiger partial charge in [-0.1, -0.05) is 32.4 Å². The maximum Gasteiger partial charge on any atom is 0.416 e. The fourth-order valence-electron chi connectivity index (χ4n) is 1.76. The van der Waals surface area contributed by atoms with E-state index in [1.165, 1.54) is 6.07 Å². The predicted octanol–water partition coefficient (Wildman–Crippen LogP) is 3.75. The van der Waals surface area contributed by atoms with Crippen LogP contribution in [0.2, 0.25) is 0 Å². The summed E-state index contributed by atoms with van der Waals surface area (Å²) in [4.78, 5) is 0. The number of benzene rings is 1. The van der Waals surface area contributed by atoms with Crippen molar-refractivity contribution in [2.24, 2.45) is 0 Å². The lowest BCUT2D eigenvalue weighted by molar-refractivity contribution is -0.138. The molecule has 0 aromatic heterocycles. The summed E-state index contributed by atoms with van der Waals surface area (Å²) >= 11 is 0. The lowest BCUT2D eigenvalue weighted by Gasteiger charge is -2.16. The van der Waals surface area contributed by atoms with E-state index >= 15 is 0 Å². The Kier molecular flexibility index (Phi) is 4.57. The van der Waals surface area contributed by atoms with Crippen LogP contribution >= 0.6 is 0 Å². The lowest BCUT2D eigenvalue weighted by atomic mass is 9.94. The summed E-state index contributed by atoms with van der Waals surface area (Å²) in [5.74, 6) is -0.272. The second-order valence-corrected chi connectivity index (χ2v) is 4.25. The molecule has 96 valence electrons. The van der Waals surface area contributed by atoms with Crippen LogP contribution in [0.5, 0.6) is 0 Å². The van der Waals surface area contributed by atoms with Crippen molar-refractivity contribution in [3.8, 4) is 0 Å². The Balaban J connectivity index is 3.19. The Labute approximate surface area is 99.3 Å². The van der Waals surface area contributed by atoms with Gasteiger partial charge in [0.25, 0.3) is 0 Å². The van der Waals surface area contributed by atoms with Gasteiger partial charge in [0.2, 0.25) is 0 Å². The van der Waals surface area contributed by atoms with Crippen LogP contribution in [-0.4, -0.2) is 11.7 Å². The highest BCUT2D eigenvalue weighted by atomic mass is 19.4. The molecule has 0 heterocycles. The van der Waals surface area contributed by atoms with Crippen LogP contribution in [0, 0.1) is 0 Å². The minimum Gasteiger partial charge on any atom is -0.396 e. The molecular formula is C13H17F3O. The third-order valence-corrected chi connectivity index (χ3v) is 2.80. The van der Waals surface area contributed by atoms with Gasteiger partial charge in [-0.15, -0.1) is 0 Å². The Bertz CT molecular complexity index is 371. The second-order valence-electron chi connectivity index (χ2n) is 4.25. The highest BCUT2D eigenvalue weighted by Gasteiger charge is 2.33. The van der Waals surface area contributed by atoms with E-state index in [1.807, 2.05) is 6.92 Å². The summed E-state index contributed by atoms with van der Waals surface area (Å²) in [6.07, 6.45) is -3.23. The summed E-state index contributed by atoms with van der Waals surface area (Å²) in [5.41, 5.74) is 0.283. The van der Waals surface area contributed by atoms with Crippen molar-refractivity contribution in [3.63, 3.8) is 0 Å². The van der Waals surface area contributed by atoms with Gasteiger partial charge in [-0.25, -0.2) is 0 Å². The third-order valence-electron chi connectivity index (χ3n) is 2.80. The van der Waals surface area contributed by atoms with Crippen LogP contribution in [0.25, 0.3) is 0 Å². The third kappa shape index (κ3) is 3.46. The van der Waals surface area contributed by atoms with E-state index in [0.717, 1.165) is 6.07 Å². The Morgan fingerprint density at radius 2 is 1.94 bits per heavy atom. The summed E-state index contributed by atoms with van der Waals surface area (Å²) in [5, 5.41) is 8.97. The van der Waals surface area contributed by atoms with Crippen molar-refractivity contribution in [2.75, 3.05) is 6.61 Å². The highest BCUT2D eigenvalue weighted by Crippen LogP contribution is 2.34. The molecule has 0 saturated heterocycles. The molecule has 1 aromatic carbocycles. The maximum atomic E-state index is 12.9. The van der Waals surface area contributed by atoms with E-state index in [0.29, 0.717) is 24.0 Å². The number of alkyl halides is 3. The number of hydrogen-bond acceptors (Lipinski definition) is 1. The largest absolute Gasteiger partial charge is 0.416 e. The summed E-state index contributed by atoms with van der Waals surface area (Å²) in [6.45, 7) is 3.41. The topological polar surface area (TPSA) is 20.2 Å². The number of halogens is 3. The van der Waals surface area contributed by atoms with Gasteiger partial charge in [0.1, 0.15) is 0 Å². The SMILES string of the molecule is CCCc1ccc(C(C)CO)cc1C(F)(F)F. The van der Waals surface area contributed by atoms with Crippen LogP contribution in [0.1, 0.15) is 42.9 Å². The van der Waals surface area contributed by atoms with Crippen LogP contribution in [0.15, 0.2) is 18.2 Å². The van der Waals surface area contributed by atoms with E-state index in [2.05, 4.69) is 0 Å². The van der Waals surface area contributed by atoms with Crippen molar-refractivity contribution < 1.29 is 18.3 Å². The molecule has 1 nitrogen and oxygen atoms in total. The van der Waals surface area contributed by atoms with Gasteiger partial charge in [-0.05, 0) is 23.6 Å². The molecular weight excluding hydrogens is 229 g/mol. The van der Waals surface area contributed by atoms with E-state index in [1.54, 1.807) is 13.0 Å². The van der Waals surface area contributed by atoms with Crippen molar-refractivity contribution in [2.45, 2.75) is 38.8 Å². The van der Waals surface area contributed by atoms with E-state index in [9.17, 15) is 13.2 Å². The van der Waals surface area contributed by atoms with E-state index in [4.69, 9.17) is 5.11 Å². The molecule has 0 amide bonds. The second kappa shape index (κ2) is 5.54. The zero-order valence-electron chi connectivity index (χ0n) is 10.0. The summed E-state index contributed by atoms with van der Waals surface area (Å²) < 4.78 is 38.6. The first-order chi connectivity index (χ1) is 7.90. The molecule has 1 rings (SSSR count). The smallest absolute Gasteiger partial charge is 0.396 e. The van der Waals surface area contributed by atoms with Crippen molar-refractivity contribution in [3.05, 3.63) is 34.9 Å². The molecule has 1 atom stereocenters. The van der Waals surface area contributed by atoms with Gasteiger partial charge < -0.3 is 5.11 Å². The first-order valence-electron chi connectivity index (χ1n) is 5.71. The van der Waals surface area contributed by atoms with Crippen molar-refractivity contribution >= 4 is 0 Å². The van der Waals surface area contributed by atoms with Crippen LogP contribution in [0.4, 0.5) is 13.2 Å². The first kappa shape index (κ1) is 14.0. The van der Waals surface area contributed by atoms with Gasteiger partial charge in [-0.3, -0.25) is 0 Å². The molecule has 1 aromatic rings. The molecule has 0 aliphatic heterocycles. The molecule has 0 spiro atoms. The Morgan fingerprint density at radius 1 is 1.29 bits per heavy atom. The molecule has 17 heavy (non-hydrogen) atoms. The van der Waals surface area contributed by atoms with Crippen LogP contribution < -0.4 is 0 Å². The van der Waals surface area contributed by atoms with E-state index < -0.39 is 11.7 Å². The summed E-state index contributed by atoms with van der Waals surface area (Å²) in [6, 6.07) is 4.35. The molecule has 0 saturated carbocycles. The normalized spacial score (nSPS) is 13.8. The zero-order chi connectivity index (χ0) is 13.1. The van der Waals surface area contributed by atoms with Gasteiger partial charge in [0.15, 0.2) is 0 Å². The first-order valence-corrected chi connectivity index (χ1v) is 5.71. The van der Waals surface area contributed by atoms with Gasteiger partial charge in [-0.2, -0.15) is 13.2 Å². The fraction of sp³-hybridized carbons (Fsp3) is 0.538. The molecule has 0 fully saturated rings. The molecule has 1 N–H and O–H groups in total. The highest BCUT2D eigenvalue weighted by molar-refractivity contribution is 5.35. The predicted molar refractivity (Wildman–Crippen MR) is 60.9 cm³/mol. The molecule has 0 aliphatic rings. The molecule has 0 aliphatic carbocycles. The fourth-order valence-corrected chi connectivity index (χ4v) is 1.76. The zero-order valence-corrected chi connectivity index (χ0v) is 10.0. The summed E-state index contributed by atoms with van der Waals surface area (Å²) in [7, 11) is 0. The van der Waals surface area contributed by atoms with Crippen molar-refractivity contribution in [1.82, 2.24) is 0 Å². The van der Waals surface area contributed by atoms with Crippen LogP contribution in [-0.2, 0) is 12.6 Å². The van der Waals surface area contributed by atoms with E-state index in [-0.39, 0.29) is 12.5 Å². The Morgan fingerprint density at radius 3 is 2.41 bits per heavy atom. The molecule has 0 bridgehead atoms. The Hall–Kier alpha value is -1.03. The van der Waals surface area contributed by atoms with Gasteiger partial charge in [0.05, 0.1) is 5.56 Å². The number of hydrogen-bond donors (Lipinski definition) is 1. The van der Waals surface area contributed by atoms with Gasteiger partial charge >= 0.3 is 6.18 Å². The number of rotatable bonds is 4.